The van der Waals surface area contributed by atoms with E-state index in [1.54, 1.807) is 5.41 Å². The third kappa shape index (κ3) is 5.62. The van der Waals surface area contributed by atoms with Crippen LogP contribution >= 0.6 is 12.6 Å². The van der Waals surface area contributed by atoms with Gasteiger partial charge in [0.25, 0.3) is 0 Å². The van der Waals surface area contributed by atoms with Crippen LogP contribution in [0.2, 0.25) is 0 Å². The maximum absolute atomic E-state index is 12.3. The second kappa shape index (κ2) is 9.62. The lowest BCUT2D eigenvalue weighted by Crippen LogP contribution is -2.53. The largest absolute Gasteiger partial charge is 0.481 e. The molecule has 1 aliphatic rings. The number of hydrogen-bond acceptors (Lipinski definition) is 5. The molecule has 2 aromatic carbocycles. The molecule has 4 N–H and O–H groups in total. The second-order valence-corrected chi connectivity index (χ2v) is 7.44. The van der Waals surface area contributed by atoms with Crippen LogP contribution in [0.15, 0.2) is 53.9 Å². The minimum Gasteiger partial charge on any atom is -0.481 e. The monoisotopic (exact) mass is 411 g/mol. The molecule has 0 atom stereocenters. The molecule has 0 aliphatic carbocycles. The number of rotatable bonds is 8. The number of nitrogens with zero attached hydrogens (tertiary/aromatic N) is 1. The number of carboxylic acids is 1. The highest BCUT2D eigenvalue weighted by atomic mass is 32.1. The van der Waals surface area contributed by atoms with Crippen molar-refractivity contribution in [2.45, 2.75) is 13.0 Å². The summed E-state index contributed by atoms with van der Waals surface area (Å²) in [6.07, 6.45) is 0.109. The quantitative estimate of drug-likeness (QED) is 0.501. The number of hydrogen-bond donors (Lipinski definition) is 4. The fourth-order valence-corrected chi connectivity index (χ4v) is 3.47. The number of carbonyl (C=O) groups is 2. The first kappa shape index (κ1) is 21.0. The summed E-state index contributed by atoms with van der Waals surface area (Å²) in [6.45, 7) is 2.18. The summed E-state index contributed by atoms with van der Waals surface area (Å²) in [5, 5.41) is 13.3. The molecular formula is C22H25N3O3S. The van der Waals surface area contributed by atoms with Gasteiger partial charge in [0.2, 0.25) is 5.91 Å². The maximum atomic E-state index is 12.3. The van der Waals surface area contributed by atoms with E-state index in [0.717, 1.165) is 22.3 Å². The van der Waals surface area contributed by atoms with Crippen LogP contribution in [0.4, 0.5) is 0 Å². The molecule has 0 radical (unpaired) electrons. The molecule has 0 unspecified atom stereocenters. The summed E-state index contributed by atoms with van der Waals surface area (Å²) in [6, 6.07) is 16.0. The average Bonchev–Trinajstić information content (AvgIpc) is 2.70. The van der Waals surface area contributed by atoms with Gasteiger partial charge < -0.3 is 21.1 Å². The fraction of sp³-hybridized carbons (Fsp3) is 0.273. The molecule has 1 aliphatic heterocycles. The summed E-state index contributed by atoms with van der Waals surface area (Å²) >= 11 is 4.11. The first-order valence-electron chi connectivity index (χ1n) is 9.47. The number of nitrogens with one attached hydrogen (secondary N) is 1. The van der Waals surface area contributed by atoms with E-state index in [4.69, 9.17) is 10.8 Å². The van der Waals surface area contributed by atoms with Crippen molar-refractivity contribution in [3.8, 4) is 11.1 Å². The van der Waals surface area contributed by atoms with Crippen LogP contribution in [0.3, 0.4) is 0 Å². The van der Waals surface area contributed by atoms with Gasteiger partial charge >= 0.3 is 5.97 Å². The molecule has 1 fully saturated rings. The van der Waals surface area contributed by atoms with Crippen LogP contribution in [0.25, 0.3) is 16.8 Å². The normalized spacial score (nSPS) is 15.0. The summed E-state index contributed by atoms with van der Waals surface area (Å²) < 4.78 is 0. The minimum atomic E-state index is -0.812. The minimum absolute atomic E-state index is 0.00988. The molecule has 0 saturated carbocycles. The molecule has 0 aromatic heterocycles. The maximum Gasteiger partial charge on any atom is 0.304 e. The van der Waals surface area contributed by atoms with E-state index < -0.39 is 5.97 Å². The van der Waals surface area contributed by atoms with Crippen LogP contribution in [-0.2, 0) is 16.1 Å². The van der Waals surface area contributed by atoms with E-state index >= 15 is 0 Å². The zero-order valence-corrected chi connectivity index (χ0v) is 16.9. The molecule has 152 valence electrons. The highest BCUT2D eigenvalue weighted by molar-refractivity contribution is 7.83. The van der Waals surface area contributed by atoms with Crippen molar-refractivity contribution in [3.63, 3.8) is 0 Å². The van der Waals surface area contributed by atoms with Crippen molar-refractivity contribution >= 4 is 30.2 Å². The van der Waals surface area contributed by atoms with Crippen LogP contribution in [0.5, 0.6) is 0 Å². The molecule has 29 heavy (non-hydrogen) atoms. The van der Waals surface area contributed by atoms with E-state index in [-0.39, 0.29) is 18.2 Å². The Bertz CT molecular complexity index is 923. The van der Waals surface area contributed by atoms with E-state index in [0.29, 0.717) is 31.9 Å². The molecule has 0 spiro atoms. The van der Waals surface area contributed by atoms with E-state index in [2.05, 4.69) is 24.0 Å². The standard InChI is InChI=1S/C22H25N3O3S/c23-20(14-29)18-6-2-5-17(10-18)16-4-1-3-15(9-16)11-24-22(28)19-12-25(13-19)8-7-21(26)27/h1-6,9-10,14,19,29H,7-8,11-13,23H2,(H,24,28)(H,26,27)/b20-14-. The number of aliphatic carboxylic acids is 1. The highest BCUT2D eigenvalue weighted by Gasteiger charge is 2.32. The second-order valence-electron chi connectivity index (χ2n) is 7.18. The van der Waals surface area contributed by atoms with Gasteiger partial charge in [0, 0.05) is 31.9 Å². The number of nitrogens with two attached hydrogens (primary N) is 1. The molecule has 6 nitrogen and oxygen atoms in total. The third-order valence-corrected chi connectivity index (χ3v) is 5.31. The number of carboxylic acid groups (broad SMARTS) is 1. The molecule has 0 bridgehead atoms. The zero-order chi connectivity index (χ0) is 20.8. The fourth-order valence-electron chi connectivity index (χ4n) is 3.32. The van der Waals surface area contributed by atoms with Crippen molar-refractivity contribution in [3.05, 3.63) is 65.1 Å². The summed E-state index contributed by atoms with van der Waals surface area (Å²) in [5.74, 6) is -0.872. The van der Waals surface area contributed by atoms with Crippen molar-refractivity contribution in [2.24, 2.45) is 11.7 Å². The lowest BCUT2D eigenvalue weighted by molar-refractivity contribution is -0.138. The Hall–Kier alpha value is -2.77. The van der Waals surface area contributed by atoms with Gasteiger partial charge in [-0.25, -0.2) is 0 Å². The summed E-state index contributed by atoms with van der Waals surface area (Å²) in [4.78, 5) is 24.9. The van der Waals surface area contributed by atoms with Gasteiger partial charge in [-0.05, 0) is 39.8 Å². The van der Waals surface area contributed by atoms with Crippen molar-refractivity contribution in [1.82, 2.24) is 10.2 Å². The van der Waals surface area contributed by atoms with Crippen LogP contribution in [0.1, 0.15) is 17.5 Å². The molecular weight excluding hydrogens is 386 g/mol. The van der Waals surface area contributed by atoms with Gasteiger partial charge in [-0.2, -0.15) is 0 Å². The number of amides is 1. The lowest BCUT2D eigenvalue weighted by Gasteiger charge is -2.37. The van der Waals surface area contributed by atoms with Crippen molar-refractivity contribution in [1.29, 1.82) is 0 Å². The highest BCUT2D eigenvalue weighted by Crippen LogP contribution is 2.24. The van der Waals surface area contributed by atoms with E-state index in [1.165, 1.54) is 0 Å². The van der Waals surface area contributed by atoms with Gasteiger partial charge in [0.1, 0.15) is 0 Å². The van der Waals surface area contributed by atoms with Gasteiger partial charge in [-0.15, -0.1) is 12.6 Å². The molecule has 1 saturated heterocycles. The van der Waals surface area contributed by atoms with Gasteiger partial charge in [-0.1, -0.05) is 36.4 Å². The van der Waals surface area contributed by atoms with Crippen molar-refractivity contribution < 1.29 is 14.7 Å². The van der Waals surface area contributed by atoms with Gasteiger partial charge in [0.15, 0.2) is 0 Å². The van der Waals surface area contributed by atoms with Crippen LogP contribution < -0.4 is 11.1 Å². The predicted octanol–water partition coefficient (Wildman–Crippen LogP) is 2.56. The number of likely N-dealkylation sites (tertiary alicyclic amines) is 1. The number of thiol groups is 1. The molecule has 2 aromatic rings. The smallest absolute Gasteiger partial charge is 0.304 e. The molecule has 7 heteroatoms. The molecule has 1 heterocycles. The van der Waals surface area contributed by atoms with E-state index in [9.17, 15) is 9.59 Å². The van der Waals surface area contributed by atoms with Gasteiger partial charge in [0.05, 0.1) is 12.3 Å². The Kier molecular flexibility index (Phi) is 6.95. The molecule has 3 rings (SSSR count). The Balaban J connectivity index is 1.56. The number of benzene rings is 2. The Morgan fingerprint density at radius 2 is 1.86 bits per heavy atom. The van der Waals surface area contributed by atoms with Gasteiger partial charge in [-0.3, -0.25) is 9.59 Å². The Labute approximate surface area is 175 Å². The zero-order valence-electron chi connectivity index (χ0n) is 16.0. The Morgan fingerprint density at radius 3 is 2.55 bits per heavy atom. The first-order chi connectivity index (χ1) is 14.0. The summed E-state index contributed by atoms with van der Waals surface area (Å²) in [5.41, 5.74) is 10.6. The first-order valence-corrected chi connectivity index (χ1v) is 9.99. The average molecular weight is 412 g/mol. The third-order valence-electron chi connectivity index (χ3n) is 5.03. The molecule has 1 amide bonds. The van der Waals surface area contributed by atoms with Crippen LogP contribution in [-0.4, -0.2) is 41.5 Å². The SMILES string of the molecule is N/C(=C\S)c1cccc(-c2cccc(CNC(=O)C3CN(CCC(=O)O)C3)c2)c1. The lowest BCUT2D eigenvalue weighted by atomic mass is 9.98. The van der Waals surface area contributed by atoms with E-state index in [1.807, 2.05) is 47.4 Å². The van der Waals surface area contributed by atoms with Crippen molar-refractivity contribution in [2.75, 3.05) is 19.6 Å². The van der Waals surface area contributed by atoms with Crippen LogP contribution in [0, 0.1) is 5.92 Å². The topological polar surface area (TPSA) is 95.7 Å². The number of carbonyl (C=O) groups excluding carboxylic acids is 1. The summed E-state index contributed by atoms with van der Waals surface area (Å²) in [7, 11) is 0. The Morgan fingerprint density at radius 1 is 1.17 bits per heavy atom. The predicted molar refractivity (Wildman–Crippen MR) is 117 cm³/mol.